The molecule has 0 fully saturated rings. The predicted octanol–water partition coefficient (Wildman–Crippen LogP) is 14.3. The topological polar surface area (TPSA) is 55.4 Å². The highest BCUT2D eigenvalue weighted by Gasteiger charge is 2.25. The Hall–Kier alpha value is -6.86. The van der Waals surface area contributed by atoms with E-state index in [9.17, 15) is 0 Å². The molecule has 0 amide bonds. The summed E-state index contributed by atoms with van der Waals surface area (Å²) in [4.78, 5) is 0. The summed E-state index contributed by atoms with van der Waals surface area (Å²) < 4.78 is 36.0. The highest BCUT2D eigenvalue weighted by atomic mass is 31.2. The van der Waals surface area contributed by atoms with Crippen LogP contribution < -0.4 is 9.05 Å². The number of rotatable bonds is 32. The first-order chi connectivity index (χ1) is 34.9. The molecule has 2 rings (SSSR count). The van der Waals surface area contributed by atoms with Gasteiger partial charge in [-0.25, -0.2) is 0 Å². The van der Waals surface area contributed by atoms with Crippen molar-refractivity contribution in [2.45, 2.75) is 162 Å². The molecule has 0 saturated heterocycles. The fourth-order valence-electron chi connectivity index (χ4n) is 6.49. The van der Waals surface area contributed by atoms with Gasteiger partial charge in [0.2, 0.25) is 0 Å². The summed E-state index contributed by atoms with van der Waals surface area (Å²) in [5.41, 5.74) is 1.80. The van der Waals surface area contributed by atoms with Gasteiger partial charge in [0.25, 0.3) is 0 Å². The van der Waals surface area contributed by atoms with E-state index in [2.05, 4.69) is 170 Å². The summed E-state index contributed by atoms with van der Waals surface area (Å²) in [6.45, 7) is 10.1. The zero-order chi connectivity index (χ0) is 51.0. The van der Waals surface area contributed by atoms with Gasteiger partial charge >= 0.3 is 17.2 Å². The maximum absolute atomic E-state index is 6.38. The van der Waals surface area contributed by atoms with Gasteiger partial charge in [0.1, 0.15) is 23.7 Å². The van der Waals surface area contributed by atoms with Crippen LogP contribution >= 0.6 is 17.2 Å². The summed E-state index contributed by atoms with van der Waals surface area (Å²) in [7, 11) is -3.64. The lowest BCUT2D eigenvalue weighted by Crippen LogP contribution is -2.18. The highest BCUT2D eigenvalue weighted by Crippen LogP contribution is 2.43. The van der Waals surface area contributed by atoms with Crippen molar-refractivity contribution in [3.8, 4) is 155 Å². The summed E-state index contributed by atoms with van der Waals surface area (Å²) in [5, 5.41) is 0. The predicted molar refractivity (Wildman–Crippen MR) is 293 cm³/mol. The average molecular weight is 981 g/mol. The number of unbranched alkanes of at least 4 members (excludes halogenated alkanes) is 18. The van der Waals surface area contributed by atoms with Crippen molar-refractivity contribution in [1.82, 2.24) is 0 Å². The average Bonchev–Trinajstić information content (AvgIpc) is 3.38. The van der Waals surface area contributed by atoms with E-state index in [1.54, 1.807) is 0 Å². The Kier molecular flexibility index (Phi) is 36.7. The molecule has 0 radical (unpaired) electrons. The molecule has 0 spiro atoms. The third kappa shape index (κ3) is 32.6. The standard InChI is InChI=1S/C63H66O6P2/c1-7-11-15-19-23-27-31-35-39-43-55-64-70(65-56-44-40-36-32-28-24-20-16-12-8-2)68-61-51-47-59(48-52-61)63(5,6)60-49-53-62(54-50-60)69-71(66-57-45-41-37-33-29-25-21-17-13-9-3)67-58-46-42-38-34-30-26-22-18-14-10-4/h1-2,47-54H,9-10,13-14,17-18,21-22,25-26,29-30,33-34,37-38,41-42,45-46,57-58H2,3-6H3. The van der Waals surface area contributed by atoms with Gasteiger partial charge in [-0.1, -0.05) is 168 Å². The molecular formula is C63H66O6P2. The molecule has 71 heavy (non-hydrogen) atoms. The van der Waals surface area contributed by atoms with Gasteiger partial charge in [-0.2, -0.15) is 0 Å². The number of terminal acetylenes is 2. The lowest BCUT2D eigenvalue weighted by molar-refractivity contribution is 0.198. The van der Waals surface area contributed by atoms with Gasteiger partial charge in [-0.05, 0) is 107 Å². The van der Waals surface area contributed by atoms with Crippen LogP contribution in [-0.4, -0.2) is 13.2 Å². The van der Waals surface area contributed by atoms with E-state index in [4.69, 9.17) is 40.0 Å². The quantitative estimate of drug-likeness (QED) is 0.0414. The first kappa shape index (κ1) is 60.3. The molecule has 0 aliphatic carbocycles. The van der Waals surface area contributed by atoms with Crippen LogP contribution in [0.1, 0.15) is 167 Å². The molecule has 0 heterocycles. The lowest BCUT2D eigenvalue weighted by atomic mass is 9.78. The van der Waals surface area contributed by atoms with Crippen LogP contribution in [0.5, 0.6) is 11.5 Å². The Morgan fingerprint density at radius 1 is 0.366 bits per heavy atom. The second-order valence-electron chi connectivity index (χ2n) is 16.3. The monoisotopic (exact) mass is 980 g/mol. The summed E-state index contributed by atoms with van der Waals surface area (Å²) in [5.74, 6) is 50.5. The molecule has 2 aromatic carbocycles. The molecule has 0 aromatic heterocycles. The molecule has 0 aliphatic heterocycles. The maximum atomic E-state index is 6.38. The van der Waals surface area contributed by atoms with E-state index in [-0.39, 0.29) is 5.41 Å². The van der Waals surface area contributed by atoms with E-state index in [0.29, 0.717) is 19.0 Å². The first-order valence-electron chi connectivity index (χ1n) is 24.6. The maximum Gasteiger partial charge on any atom is 0.548 e. The third-order valence-corrected chi connectivity index (χ3v) is 12.4. The van der Waals surface area contributed by atoms with Crippen LogP contribution in [0.2, 0.25) is 0 Å². The van der Waals surface area contributed by atoms with Gasteiger partial charge in [0, 0.05) is 64.6 Å². The SMILES string of the molecule is C#CC#CC#CC#CC#CC#COP(OC#CC#CC#CC#CC#CC#C)Oc1ccc(C(C)(C)c2ccc(OP(OCCCCCCCCCCCC)OCCCCCCCCCCCC)cc2)cc1. The van der Waals surface area contributed by atoms with Crippen LogP contribution in [-0.2, 0) is 23.5 Å². The molecule has 364 valence electrons. The molecule has 6 nitrogen and oxygen atoms in total. The smallest absolute Gasteiger partial charge is 0.427 e. The number of hydrogen-bond acceptors (Lipinski definition) is 6. The molecule has 0 unspecified atom stereocenters. The van der Waals surface area contributed by atoms with Crippen molar-refractivity contribution in [2.75, 3.05) is 13.2 Å². The molecule has 0 aliphatic rings. The van der Waals surface area contributed by atoms with Gasteiger partial charge in [0.15, 0.2) is 0 Å². The highest BCUT2D eigenvalue weighted by molar-refractivity contribution is 7.42. The molecule has 0 saturated carbocycles. The van der Waals surface area contributed by atoms with Gasteiger partial charge < -0.3 is 27.1 Å². The minimum Gasteiger partial charge on any atom is -0.427 e. The number of benzene rings is 2. The van der Waals surface area contributed by atoms with Crippen molar-refractivity contribution in [3.63, 3.8) is 0 Å². The Morgan fingerprint density at radius 2 is 0.648 bits per heavy atom. The third-order valence-electron chi connectivity index (χ3n) is 10.4. The van der Waals surface area contributed by atoms with Gasteiger partial charge in [0.05, 0.1) is 13.2 Å². The molecule has 0 N–H and O–H groups in total. The van der Waals surface area contributed by atoms with E-state index in [1.807, 2.05) is 36.4 Å². The van der Waals surface area contributed by atoms with Gasteiger partial charge in [-0.3, -0.25) is 0 Å². The van der Waals surface area contributed by atoms with E-state index in [1.165, 1.54) is 103 Å². The summed E-state index contributed by atoms with van der Waals surface area (Å²) >= 11 is 0. The Labute approximate surface area is 431 Å². The van der Waals surface area contributed by atoms with Crippen molar-refractivity contribution in [2.24, 2.45) is 0 Å². The fourth-order valence-corrected chi connectivity index (χ4v) is 8.16. The van der Waals surface area contributed by atoms with Crippen LogP contribution in [0.15, 0.2) is 48.5 Å². The molecule has 8 heteroatoms. The van der Waals surface area contributed by atoms with Crippen molar-refractivity contribution in [3.05, 3.63) is 59.7 Å². The molecule has 0 atom stereocenters. The zero-order valence-electron chi connectivity index (χ0n) is 42.2. The largest absolute Gasteiger partial charge is 0.548 e. The summed E-state index contributed by atoms with van der Waals surface area (Å²) in [6.07, 6.45) is 40.5. The first-order valence-corrected chi connectivity index (χ1v) is 26.8. The van der Waals surface area contributed by atoms with Crippen LogP contribution in [0, 0.1) is 143 Å². The van der Waals surface area contributed by atoms with E-state index < -0.39 is 17.2 Å². The molecule has 0 bridgehead atoms. The fraction of sp³-hybridized carbons (Fsp3) is 0.429. The van der Waals surface area contributed by atoms with Crippen molar-refractivity contribution in [1.29, 1.82) is 0 Å². The Bertz CT molecular complexity index is 2470. The summed E-state index contributed by atoms with van der Waals surface area (Å²) in [6, 6.07) is 15.8. The normalized spacial score (nSPS) is 9.30. The number of hydrogen-bond donors (Lipinski definition) is 0. The Balaban J connectivity index is 2.09. The molecule has 2 aromatic rings. The lowest BCUT2D eigenvalue weighted by Gasteiger charge is -2.27. The zero-order valence-corrected chi connectivity index (χ0v) is 44.0. The van der Waals surface area contributed by atoms with Crippen molar-refractivity contribution >= 4 is 17.2 Å². The Morgan fingerprint density at radius 3 is 0.972 bits per heavy atom. The molecular weight excluding hydrogens is 915 g/mol. The van der Waals surface area contributed by atoms with E-state index >= 15 is 0 Å². The minimum absolute atomic E-state index is 0.362. The van der Waals surface area contributed by atoms with E-state index in [0.717, 1.165) is 42.6 Å². The van der Waals surface area contributed by atoms with Crippen LogP contribution in [0.3, 0.4) is 0 Å². The second kappa shape index (κ2) is 43.2. The van der Waals surface area contributed by atoms with Gasteiger partial charge in [-0.15, -0.1) is 12.8 Å². The van der Waals surface area contributed by atoms with Crippen LogP contribution in [0.4, 0.5) is 0 Å². The van der Waals surface area contributed by atoms with Crippen LogP contribution in [0.25, 0.3) is 0 Å². The second-order valence-corrected chi connectivity index (χ2v) is 18.4. The minimum atomic E-state index is -2.12. The van der Waals surface area contributed by atoms with Crippen molar-refractivity contribution < 1.29 is 27.1 Å².